The van der Waals surface area contributed by atoms with Gasteiger partial charge in [-0.2, -0.15) is 0 Å². The number of hydrogen-bond acceptors (Lipinski definition) is 6. The second-order valence-corrected chi connectivity index (χ2v) is 8.78. The monoisotopic (exact) mass is 355 g/mol. The van der Waals surface area contributed by atoms with Gasteiger partial charge in [-0.05, 0) is 12.5 Å². The summed E-state index contributed by atoms with van der Waals surface area (Å²) in [6.45, 7) is 0.587. The van der Waals surface area contributed by atoms with Crippen LogP contribution in [0, 0.1) is 0 Å². The van der Waals surface area contributed by atoms with Crippen LogP contribution in [0.25, 0.3) is 6.08 Å². The van der Waals surface area contributed by atoms with Crippen LogP contribution >= 0.6 is 11.8 Å². The molecule has 0 aromatic carbocycles. The van der Waals surface area contributed by atoms with Gasteiger partial charge in [0.05, 0.1) is 17.0 Å². The first-order chi connectivity index (χ1) is 10.9. The summed E-state index contributed by atoms with van der Waals surface area (Å²) in [6, 6.07) is -0.787. The fourth-order valence-corrected chi connectivity index (χ4v) is 5.93. The van der Waals surface area contributed by atoms with E-state index in [1.165, 1.54) is 16.7 Å². The Morgan fingerprint density at radius 1 is 1.48 bits per heavy atom. The Morgan fingerprint density at radius 3 is 2.96 bits per heavy atom. The molecule has 122 valence electrons. The number of carbonyl (C=O) groups excluding carboxylic acids is 1. The molecule has 2 saturated heterocycles. The molecule has 2 fully saturated rings. The van der Waals surface area contributed by atoms with E-state index in [0.29, 0.717) is 30.0 Å². The van der Waals surface area contributed by atoms with Gasteiger partial charge in [0.15, 0.2) is 0 Å². The molecular formula is C13H13N3O5S2. The van der Waals surface area contributed by atoms with Crippen molar-refractivity contribution in [1.82, 2.24) is 14.5 Å². The molecule has 1 N–H and O–H groups in total. The van der Waals surface area contributed by atoms with Crippen LogP contribution in [0.15, 0.2) is 16.9 Å². The number of aryl methyl sites for hydroxylation is 1. The summed E-state index contributed by atoms with van der Waals surface area (Å²) in [6.07, 6.45) is 3.75. The summed E-state index contributed by atoms with van der Waals surface area (Å²) < 4.78 is 25.5. The van der Waals surface area contributed by atoms with Gasteiger partial charge < -0.3 is 14.6 Å². The summed E-state index contributed by atoms with van der Waals surface area (Å²) in [5.74, 6) is -0.875. The summed E-state index contributed by atoms with van der Waals surface area (Å²) >= 11 is 1.40. The Balaban J connectivity index is 1.65. The van der Waals surface area contributed by atoms with Crippen molar-refractivity contribution in [2.24, 2.45) is 0 Å². The average molecular weight is 355 g/mol. The van der Waals surface area contributed by atoms with E-state index in [0.717, 1.165) is 0 Å². The van der Waals surface area contributed by atoms with Crippen LogP contribution in [0.1, 0.15) is 12.1 Å². The normalized spacial score (nSPS) is 30.0. The number of nitrogens with zero attached hydrogens (tertiary/aromatic N) is 3. The maximum absolute atomic E-state index is 12.2. The zero-order valence-electron chi connectivity index (χ0n) is 11.9. The molecule has 3 aliphatic rings. The van der Waals surface area contributed by atoms with E-state index >= 15 is 0 Å². The van der Waals surface area contributed by atoms with Gasteiger partial charge in [0.25, 0.3) is 5.91 Å². The molecule has 10 heteroatoms. The Morgan fingerprint density at radius 2 is 2.26 bits per heavy atom. The predicted octanol–water partition coefficient (Wildman–Crippen LogP) is -0.188. The lowest BCUT2D eigenvalue weighted by Crippen LogP contribution is -2.56. The summed E-state index contributed by atoms with van der Waals surface area (Å²) in [5.41, 5.74) is 0.902. The van der Waals surface area contributed by atoms with Crippen LogP contribution in [-0.4, -0.2) is 62.8 Å². The minimum absolute atomic E-state index is 0.0433. The van der Waals surface area contributed by atoms with Crippen LogP contribution in [0.5, 0.6) is 0 Å². The van der Waals surface area contributed by atoms with Crippen LogP contribution < -0.4 is 0 Å². The van der Waals surface area contributed by atoms with Gasteiger partial charge in [-0.15, -0.1) is 11.8 Å². The fourth-order valence-electron chi connectivity index (χ4n) is 3.08. The van der Waals surface area contributed by atoms with Crippen molar-refractivity contribution in [2.75, 3.05) is 11.5 Å². The lowest BCUT2D eigenvalue weighted by Gasteiger charge is -2.38. The highest BCUT2D eigenvalue weighted by Crippen LogP contribution is 2.43. The summed E-state index contributed by atoms with van der Waals surface area (Å²) in [7, 11) is -3.35. The lowest BCUT2D eigenvalue weighted by molar-refractivity contribution is -0.150. The van der Waals surface area contributed by atoms with Gasteiger partial charge in [-0.3, -0.25) is 4.79 Å². The molecule has 0 saturated carbocycles. The Labute approximate surface area is 136 Å². The van der Waals surface area contributed by atoms with E-state index < -0.39 is 21.8 Å². The van der Waals surface area contributed by atoms with Gasteiger partial charge in [-0.1, -0.05) is 0 Å². The molecular weight excluding hydrogens is 342 g/mol. The number of β-lactam (4-membered cyclic amide) rings is 1. The third-order valence-corrected chi connectivity index (χ3v) is 7.20. The van der Waals surface area contributed by atoms with E-state index in [9.17, 15) is 18.0 Å². The maximum atomic E-state index is 12.2. The van der Waals surface area contributed by atoms with Crippen LogP contribution in [-0.2, 0) is 26.0 Å². The molecule has 0 bridgehead atoms. The first-order valence-corrected chi connectivity index (χ1v) is 9.77. The Hall–Kier alpha value is -1.81. The molecule has 1 aromatic rings. The molecule has 4 heterocycles. The third kappa shape index (κ3) is 2.12. The number of carboxylic acids is 1. The molecule has 23 heavy (non-hydrogen) atoms. The lowest BCUT2D eigenvalue weighted by atomic mass is 10.0. The number of imidazole rings is 1. The van der Waals surface area contributed by atoms with Crippen LogP contribution in [0.3, 0.4) is 0 Å². The minimum Gasteiger partial charge on any atom is -0.480 e. The topological polar surface area (TPSA) is 110 Å². The molecule has 1 amide bonds. The van der Waals surface area contributed by atoms with Crippen molar-refractivity contribution in [1.29, 1.82) is 0 Å². The van der Waals surface area contributed by atoms with Gasteiger partial charge in [0.1, 0.15) is 11.4 Å². The van der Waals surface area contributed by atoms with Crippen LogP contribution in [0.4, 0.5) is 0 Å². The molecule has 0 aliphatic carbocycles. The first kappa shape index (κ1) is 14.8. The number of rotatable bonds is 2. The highest BCUT2D eigenvalue weighted by molar-refractivity contribution is 8.00. The van der Waals surface area contributed by atoms with Crippen molar-refractivity contribution in [3.05, 3.63) is 17.5 Å². The number of aliphatic carboxylic acids is 1. The molecule has 4 rings (SSSR count). The number of sulfone groups is 1. The molecule has 3 aliphatic heterocycles. The zero-order valence-corrected chi connectivity index (χ0v) is 13.5. The standard InChI is InChI=1S/C13H13N3O5S2/c17-10-8(11-16(10)9(6-22-11)12(18)19)4-7-5-15-2-1-3-23(20,21)13(15)14-7/h4-5,9,11H,1-3,6H2,(H,18,19)/b8-4-. The number of carbonyl (C=O) groups is 2. The quantitative estimate of drug-likeness (QED) is 0.578. The van der Waals surface area contributed by atoms with Gasteiger partial charge in [0, 0.05) is 18.5 Å². The molecule has 0 radical (unpaired) electrons. The average Bonchev–Trinajstić information content (AvgIpc) is 3.06. The molecule has 2 atom stereocenters. The van der Waals surface area contributed by atoms with Gasteiger partial charge >= 0.3 is 5.97 Å². The highest BCUT2D eigenvalue weighted by atomic mass is 32.2. The highest BCUT2D eigenvalue weighted by Gasteiger charge is 2.53. The van der Waals surface area contributed by atoms with Gasteiger partial charge in [0.2, 0.25) is 15.0 Å². The first-order valence-electron chi connectivity index (χ1n) is 7.07. The largest absolute Gasteiger partial charge is 0.480 e. The van der Waals surface area contributed by atoms with E-state index in [1.54, 1.807) is 16.8 Å². The van der Waals surface area contributed by atoms with E-state index in [4.69, 9.17) is 5.11 Å². The van der Waals surface area contributed by atoms with Crippen molar-refractivity contribution in [3.63, 3.8) is 0 Å². The molecule has 0 spiro atoms. The maximum Gasteiger partial charge on any atom is 0.327 e. The zero-order chi connectivity index (χ0) is 16.4. The number of aromatic nitrogens is 2. The van der Waals surface area contributed by atoms with Crippen LogP contribution in [0.2, 0.25) is 0 Å². The Kier molecular flexibility index (Phi) is 3.11. The molecule has 1 aromatic heterocycles. The number of carboxylic acid groups (broad SMARTS) is 1. The molecule has 2 unspecified atom stereocenters. The number of fused-ring (bicyclic) bond motifs is 2. The van der Waals surface area contributed by atoms with Crippen molar-refractivity contribution in [3.8, 4) is 0 Å². The fraction of sp³-hybridized carbons (Fsp3) is 0.462. The number of hydrogen-bond donors (Lipinski definition) is 1. The minimum atomic E-state index is -3.35. The van der Waals surface area contributed by atoms with Crippen molar-refractivity contribution in [2.45, 2.75) is 29.5 Å². The summed E-state index contributed by atoms with van der Waals surface area (Å²) in [5, 5.41) is 8.85. The molecule has 8 nitrogen and oxygen atoms in total. The third-order valence-electron chi connectivity index (χ3n) is 4.19. The Bertz CT molecular complexity index is 857. The predicted molar refractivity (Wildman–Crippen MR) is 81.4 cm³/mol. The number of thioether (sulfide) groups is 1. The second kappa shape index (κ2) is 4.84. The van der Waals surface area contributed by atoms with Crippen molar-refractivity contribution >= 4 is 39.6 Å². The summed E-state index contributed by atoms with van der Waals surface area (Å²) in [4.78, 5) is 28.7. The van der Waals surface area contributed by atoms with E-state index in [2.05, 4.69) is 4.98 Å². The van der Waals surface area contributed by atoms with E-state index in [-0.39, 0.29) is 22.2 Å². The van der Waals surface area contributed by atoms with E-state index in [1.807, 2.05) is 0 Å². The smallest absolute Gasteiger partial charge is 0.327 e. The SMILES string of the molecule is O=C(O)C1CSC2/C(=C\c3cn4c(n3)S(=O)(=O)CCC4)C(=O)N12. The number of amides is 1. The second-order valence-electron chi connectivity index (χ2n) is 5.67. The van der Waals surface area contributed by atoms with Gasteiger partial charge in [-0.25, -0.2) is 18.2 Å². The van der Waals surface area contributed by atoms with Crippen molar-refractivity contribution < 1.29 is 23.1 Å².